The zero-order chi connectivity index (χ0) is 20.7. The highest BCUT2D eigenvalue weighted by atomic mass is 35.5. The standard InChI is InChI=1S/C20H27ClFNO4/c1-10(2)20(18(26)27)12(4)23-14(9-22)19(5,17(24)25)16(20)15-11(3)7-6-8-13(15)21/h6-8,10,12,14,16,23H,9H2,1-5H3,(H,24,25)(H,26,27). The van der Waals surface area contributed by atoms with Crippen LogP contribution in [0.5, 0.6) is 0 Å². The molecule has 3 N–H and O–H groups in total. The number of carboxylic acids is 2. The van der Waals surface area contributed by atoms with Crippen molar-refractivity contribution in [2.75, 3.05) is 6.67 Å². The van der Waals surface area contributed by atoms with Gasteiger partial charge in [-0.25, -0.2) is 4.39 Å². The zero-order valence-corrected chi connectivity index (χ0v) is 17.0. The topological polar surface area (TPSA) is 86.6 Å². The van der Waals surface area contributed by atoms with Crippen LogP contribution in [0.3, 0.4) is 0 Å². The van der Waals surface area contributed by atoms with Crippen LogP contribution in [0.15, 0.2) is 18.2 Å². The summed E-state index contributed by atoms with van der Waals surface area (Å²) in [5.41, 5.74) is -2.04. The summed E-state index contributed by atoms with van der Waals surface area (Å²) in [6, 6.07) is 3.42. The molecule has 1 fully saturated rings. The lowest BCUT2D eigenvalue weighted by Crippen LogP contribution is -2.71. The lowest BCUT2D eigenvalue weighted by atomic mass is 9.48. The SMILES string of the molecule is Cc1cccc(Cl)c1C1C(C)(C(=O)O)C(CF)NC(C)C1(C(=O)O)C(C)C. The number of hydrogen-bond donors (Lipinski definition) is 3. The van der Waals surface area contributed by atoms with E-state index in [2.05, 4.69) is 5.32 Å². The third-order valence-electron chi connectivity index (χ3n) is 6.47. The number of piperidine rings is 1. The maximum absolute atomic E-state index is 13.9. The van der Waals surface area contributed by atoms with Gasteiger partial charge >= 0.3 is 11.9 Å². The predicted molar refractivity (Wildman–Crippen MR) is 102 cm³/mol. The molecule has 5 atom stereocenters. The Morgan fingerprint density at radius 1 is 1.30 bits per heavy atom. The van der Waals surface area contributed by atoms with Gasteiger partial charge in [0.05, 0.1) is 16.9 Å². The van der Waals surface area contributed by atoms with Crippen LogP contribution in [-0.4, -0.2) is 40.9 Å². The van der Waals surface area contributed by atoms with Crippen molar-refractivity contribution in [3.05, 3.63) is 34.3 Å². The number of rotatable bonds is 5. The number of aryl methyl sites for hydroxylation is 1. The maximum Gasteiger partial charge on any atom is 0.312 e. The van der Waals surface area contributed by atoms with Gasteiger partial charge < -0.3 is 15.5 Å². The molecule has 2 rings (SSSR count). The third-order valence-corrected chi connectivity index (χ3v) is 6.80. The second-order valence-electron chi connectivity index (χ2n) is 7.98. The molecule has 150 valence electrons. The molecule has 0 spiro atoms. The van der Waals surface area contributed by atoms with Crippen molar-refractivity contribution in [3.63, 3.8) is 0 Å². The minimum Gasteiger partial charge on any atom is -0.481 e. The Hall–Kier alpha value is -1.66. The smallest absolute Gasteiger partial charge is 0.312 e. The van der Waals surface area contributed by atoms with E-state index in [1.165, 1.54) is 6.92 Å². The number of carbonyl (C=O) groups is 2. The van der Waals surface area contributed by atoms with E-state index in [0.29, 0.717) is 16.1 Å². The fraction of sp³-hybridized carbons (Fsp3) is 0.600. The first-order valence-electron chi connectivity index (χ1n) is 9.01. The van der Waals surface area contributed by atoms with E-state index in [4.69, 9.17) is 11.6 Å². The second kappa shape index (κ2) is 7.40. The van der Waals surface area contributed by atoms with E-state index in [1.54, 1.807) is 45.9 Å². The predicted octanol–water partition coefficient (Wildman–Crippen LogP) is 3.88. The van der Waals surface area contributed by atoms with E-state index >= 15 is 0 Å². The van der Waals surface area contributed by atoms with Crippen LogP contribution in [0.25, 0.3) is 0 Å². The molecular weight excluding hydrogens is 373 g/mol. The molecule has 0 aliphatic carbocycles. The Morgan fingerprint density at radius 3 is 2.30 bits per heavy atom. The lowest BCUT2D eigenvalue weighted by molar-refractivity contribution is -0.176. The number of alkyl halides is 1. The van der Waals surface area contributed by atoms with Gasteiger partial charge in [-0.05, 0) is 43.9 Å². The number of halogens is 2. The first kappa shape index (κ1) is 21.6. The Labute approximate surface area is 163 Å². The van der Waals surface area contributed by atoms with E-state index in [1.807, 2.05) is 0 Å². The third kappa shape index (κ3) is 2.93. The highest BCUT2D eigenvalue weighted by Gasteiger charge is 2.67. The molecule has 1 heterocycles. The molecule has 1 aromatic rings. The van der Waals surface area contributed by atoms with Gasteiger partial charge in [0.25, 0.3) is 0 Å². The summed E-state index contributed by atoms with van der Waals surface area (Å²) in [5, 5.41) is 23.7. The first-order valence-corrected chi connectivity index (χ1v) is 9.38. The van der Waals surface area contributed by atoms with Gasteiger partial charge in [0.15, 0.2) is 0 Å². The molecule has 0 amide bonds. The maximum atomic E-state index is 13.9. The van der Waals surface area contributed by atoms with Gasteiger partial charge in [-0.1, -0.05) is 37.6 Å². The number of carboxylic acid groups (broad SMARTS) is 2. The molecule has 1 saturated heterocycles. The number of hydrogen-bond acceptors (Lipinski definition) is 3. The van der Waals surface area contributed by atoms with Crippen molar-refractivity contribution in [1.29, 1.82) is 0 Å². The Kier molecular flexibility index (Phi) is 5.93. The highest BCUT2D eigenvalue weighted by molar-refractivity contribution is 6.31. The van der Waals surface area contributed by atoms with E-state index in [-0.39, 0.29) is 0 Å². The van der Waals surface area contributed by atoms with Gasteiger partial charge in [-0.2, -0.15) is 0 Å². The summed E-state index contributed by atoms with van der Waals surface area (Å²) in [6.07, 6.45) is 0. The Balaban J connectivity index is 3.00. The van der Waals surface area contributed by atoms with Crippen molar-refractivity contribution in [3.8, 4) is 0 Å². The lowest BCUT2D eigenvalue weighted by Gasteiger charge is -2.58. The fourth-order valence-corrected chi connectivity index (χ4v) is 5.31. The summed E-state index contributed by atoms with van der Waals surface area (Å²) in [7, 11) is 0. The molecular formula is C20H27ClFNO4. The van der Waals surface area contributed by atoms with Crippen LogP contribution in [0.1, 0.15) is 44.7 Å². The summed E-state index contributed by atoms with van der Waals surface area (Å²) in [6.45, 7) is 7.45. The van der Waals surface area contributed by atoms with Crippen LogP contribution in [0.4, 0.5) is 4.39 Å². The van der Waals surface area contributed by atoms with Crippen molar-refractivity contribution in [2.24, 2.45) is 16.7 Å². The number of aliphatic carboxylic acids is 2. The van der Waals surface area contributed by atoms with Gasteiger partial charge in [0.1, 0.15) is 6.67 Å². The minimum absolute atomic E-state index is 0.297. The van der Waals surface area contributed by atoms with E-state index in [0.717, 1.165) is 0 Å². The Bertz CT molecular complexity index is 735. The minimum atomic E-state index is -1.71. The highest BCUT2D eigenvalue weighted by Crippen LogP contribution is 2.60. The van der Waals surface area contributed by atoms with Gasteiger partial charge in [0.2, 0.25) is 0 Å². The first-order chi connectivity index (χ1) is 12.5. The van der Waals surface area contributed by atoms with Gasteiger partial charge in [0, 0.05) is 17.0 Å². The van der Waals surface area contributed by atoms with Crippen LogP contribution in [0.2, 0.25) is 5.02 Å². The molecule has 0 aromatic heterocycles. The van der Waals surface area contributed by atoms with Gasteiger partial charge in [-0.3, -0.25) is 9.59 Å². The average Bonchev–Trinajstić information content (AvgIpc) is 2.56. The zero-order valence-electron chi connectivity index (χ0n) is 16.2. The molecule has 1 aromatic carbocycles. The van der Waals surface area contributed by atoms with Crippen molar-refractivity contribution >= 4 is 23.5 Å². The van der Waals surface area contributed by atoms with E-state index in [9.17, 15) is 24.2 Å². The number of nitrogens with one attached hydrogen (secondary N) is 1. The summed E-state index contributed by atoms with van der Waals surface area (Å²) >= 11 is 6.47. The average molecular weight is 400 g/mol. The molecule has 5 unspecified atom stereocenters. The quantitative estimate of drug-likeness (QED) is 0.699. The summed E-state index contributed by atoms with van der Waals surface area (Å²) < 4.78 is 13.9. The molecule has 1 aliphatic heterocycles. The van der Waals surface area contributed by atoms with Gasteiger partial charge in [-0.15, -0.1) is 0 Å². The largest absolute Gasteiger partial charge is 0.481 e. The van der Waals surface area contributed by atoms with Crippen LogP contribution in [-0.2, 0) is 9.59 Å². The molecule has 1 aliphatic rings. The molecule has 7 heteroatoms. The fourth-order valence-electron chi connectivity index (χ4n) is 4.98. The van der Waals surface area contributed by atoms with Crippen LogP contribution < -0.4 is 5.32 Å². The number of benzene rings is 1. The van der Waals surface area contributed by atoms with Crippen molar-refractivity contribution in [2.45, 2.75) is 52.6 Å². The molecule has 0 bridgehead atoms. The van der Waals surface area contributed by atoms with Crippen LogP contribution >= 0.6 is 11.6 Å². The molecule has 5 nitrogen and oxygen atoms in total. The van der Waals surface area contributed by atoms with Crippen molar-refractivity contribution in [1.82, 2.24) is 5.32 Å². The second-order valence-corrected chi connectivity index (χ2v) is 8.39. The summed E-state index contributed by atoms with van der Waals surface area (Å²) in [5.74, 6) is -3.82. The summed E-state index contributed by atoms with van der Waals surface area (Å²) in [4.78, 5) is 25.1. The Morgan fingerprint density at radius 2 is 1.89 bits per heavy atom. The molecule has 27 heavy (non-hydrogen) atoms. The normalized spacial score (nSPS) is 33.9. The molecule has 0 saturated carbocycles. The van der Waals surface area contributed by atoms with Crippen LogP contribution in [0, 0.1) is 23.7 Å². The molecule has 0 radical (unpaired) electrons. The van der Waals surface area contributed by atoms with E-state index < -0.39 is 53.4 Å². The monoisotopic (exact) mass is 399 g/mol. The van der Waals surface area contributed by atoms with Crippen molar-refractivity contribution < 1.29 is 24.2 Å².